The second-order valence-corrected chi connectivity index (χ2v) is 10.6. The number of Topliss-reactive ketones (excluding diaryl/α,β-unsaturated/α-hetero) is 1. The molecule has 34 heavy (non-hydrogen) atoms. The Morgan fingerprint density at radius 1 is 1.21 bits per heavy atom. The van der Waals surface area contributed by atoms with Crippen LogP contribution in [0.25, 0.3) is 0 Å². The Morgan fingerprint density at radius 2 is 1.94 bits per heavy atom. The summed E-state index contributed by atoms with van der Waals surface area (Å²) in [6.45, 7) is 4.18. The van der Waals surface area contributed by atoms with Crippen molar-refractivity contribution >= 4 is 40.8 Å². The van der Waals surface area contributed by atoms with Gasteiger partial charge in [0.25, 0.3) is 5.69 Å². The highest BCUT2D eigenvalue weighted by molar-refractivity contribution is 7.98. The normalized spacial score (nSPS) is 18.8. The zero-order valence-electron chi connectivity index (χ0n) is 18.6. The predicted molar refractivity (Wildman–Crippen MR) is 131 cm³/mol. The molecule has 5 rings (SSSR count). The van der Waals surface area contributed by atoms with Crippen LogP contribution in [0.15, 0.2) is 65.0 Å². The average molecular weight is 496 g/mol. The van der Waals surface area contributed by atoms with Gasteiger partial charge in [-0.15, -0.1) is 5.10 Å². The van der Waals surface area contributed by atoms with Crippen molar-refractivity contribution in [2.75, 3.05) is 5.32 Å². The molecule has 0 spiro atoms. The first-order valence-electron chi connectivity index (χ1n) is 10.8. The molecule has 2 aliphatic rings. The summed E-state index contributed by atoms with van der Waals surface area (Å²) in [5.41, 5.74) is 3.21. The fraction of sp³-hybridized carbons (Fsp3) is 0.292. The van der Waals surface area contributed by atoms with Gasteiger partial charge in [0, 0.05) is 46.2 Å². The first-order valence-corrected chi connectivity index (χ1v) is 12.2. The van der Waals surface area contributed by atoms with E-state index in [9.17, 15) is 14.9 Å². The molecule has 1 atom stereocenters. The Labute approximate surface area is 205 Å². The maximum Gasteiger partial charge on any atom is 0.269 e. The number of nitro groups is 1. The van der Waals surface area contributed by atoms with Gasteiger partial charge in [0.1, 0.15) is 6.04 Å². The monoisotopic (exact) mass is 495 g/mol. The lowest BCUT2D eigenvalue weighted by Crippen LogP contribution is -2.36. The van der Waals surface area contributed by atoms with E-state index >= 15 is 0 Å². The van der Waals surface area contributed by atoms with E-state index in [4.69, 9.17) is 16.7 Å². The Morgan fingerprint density at radius 3 is 2.65 bits per heavy atom. The summed E-state index contributed by atoms with van der Waals surface area (Å²) < 4.78 is 1.74. The standard InChI is InChI=1S/C24H22ClN5O3S/c1-24(2)11-18-20(19(31)12-24)21(16-5-3-4-6-17(16)25)29-22(26-18)27-23(28-29)34-13-14-7-9-15(10-8-14)30(32)33/h3-10,21H,11-13H2,1-2H3,(H,26,27,28). The topological polar surface area (TPSA) is 103 Å². The third-order valence-electron chi connectivity index (χ3n) is 6.03. The fourth-order valence-electron chi connectivity index (χ4n) is 4.50. The quantitative estimate of drug-likeness (QED) is 0.271. The van der Waals surface area contributed by atoms with E-state index in [0.29, 0.717) is 33.9 Å². The van der Waals surface area contributed by atoms with Crippen molar-refractivity contribution < 1.29 is 9.72 Å². The van der Waals surface area contributed by atoms with Gasteiger partial charge in [-0.1, -0.05) is 67.5 Å². The highest BCUT2D eigenvalue weighted by Gasteiger charge is 2.42. The third-order valence-corrected chi connectivity index (χ3v) is 7.28. The summed E-state index contributed by atoms with van der Waals surface area (Å²) >= 11 is 8.00. The van der Waals surface area contributed by atoms with Crippen LogP contribution >= 0.6 is 23.4 Å². The maximum atomic E-state index is 13.3. The van der Waals surface area contributed by atoms with Gasteiger partial charge in [-0.25, -0.2) is 4.68 Å². The van der Waals surface area contributed by atoms with Gasteiger partial charge in [-0.2, -0.15) is 4.98 Å². The molecule has 8 nitrogen and oxygen atoms in total. The lowest BCUT2D eigenvalue weighted by Gasteiger charge is -2.38. The average Bonchev–Trinajstić information content (AvgIpc) is 3.19. The van der Waals surface area contributed by atoms with E-state index in [1.54, 1.807) is 16.8 Å². The van der Waals surface area contributed by atoms with Gasteiger partial charge in [0.05, 0.1) is 4.92 Å². The van der Waals surface area contributed by atoms with E-state index in [0.717, 1.165) is 23.2 Å². The Hall–Kier alpha value is -3.17. The van der Waals surface area contributed by atoms with E-state index in [1.165, 1.54) is 23.9 Å². The summed E-state index contributed by atoms with van der Waals surface area (Å²) in [7, 11) is 0. The van der Waals surface area contributed by atoms with E-state index in [2.05, 4.69) is 24.1 Å². The number of aromatic nitrogens is 3. The number of rotatable bonds is 5. The SMILES string of the molecule is CC1(C)CC(=O)C2=C(C1)Nc1nc(SCc3ccc([N+](=O)[O-])cc3)nn1C2c1ccccc1Cl. The first-order chi connectivity index (χ1) is 16.2. The molecular weight excluding hydrogens is 474 g/mol. The Balaban J connectivity index is 1.49. The number of ketones is 1. The van der Waals surface area contributed by atoms with Crippen molar-refractivity contribution in [3.05, 3.63) is 86.1 Å². The number of anilines is 1. The van der Waals surface area contributed by atoms with Crippen molar-refractivity contribution in [3.63, 3.8) is 0 Å². The number of nitrogens with zero attached hydrogens (tertiary/aromatic N) is 4. The van der Waals surface area contributed by atoms with Crippen molar-refractivity contribution in [3.8, 4) is 0 Å². The molecule has 0 amide bonds. The Bertz CT molecular complexity index is 1330. The van der Waals surface area contributed by atoms with Crippen LogP contribution in [0.2, 0.25) is 5.02 Å². The van der Waals surface area contributed by atoms with Crippen molar-refractivity contribution in [2.24, 2.45) is 5.41 Å². The van der Waals surface area contributed by atoms with Crippen LogP contribution in [-0.4, -0.2) is 25.5 Å². The molecule has 1 aromatic heterocycles. The van der Waals surface area contributed by atoms with Gasteiger partial charge in [-0.3, -0.25) is 14.9 Å². The van der Waals surface area contributed by atoms with E-state index in [-0.39, 0.29) is 16.9 Å². The number of hydrogen-bond donors (Lipinski definition) is 1. The van der Waals surface area contributed by atoms with Crippen LogP contribution in [0.1, 0.15) is 43.9 Å². The molecule has 2 aromatic carbocycles. The van der Waals surface area contributed by atoms with Gasteiger partial charge in [-0.05, 0) is 23.5 Å². The first kappa shape index (κ1) is 22.6. The van der Waals surface area contributed by atoms with Crippen molar-refractivity contribution in [2.45, 2.75) is 43.6 Å². The molecular formula is C24H22ClN5O3S. The number of carbonyl (C=O) groups excluding carboxylic acids is 1. The van der Waals surface area contributed by atoms with Crippen molar-refractivity contribution in [1.82, 2.24) is 14.8 Å². The van der Waals surface area contributed by atoms with Gasteiger partial charge in [0.15, 0.2) is 5.78 Å². The fourth-order valence-corrected chi connectivity index (χ4v) is 5.52. The second kappa shape index (κ2) is 8.56. The number of benzene rings is 2. The summed E-state index contributed by atoms with van der Waals surface area (Å²) in [5.74, 6) is 1.21. The number of carbonyl (C=O) groups is 1. The molecule has 1 aliphatic heterocycles. The second-order valence-electron chi connectivity index (χ2n) is 9.26. The van der Waals surface area contributed by atoms with Gasteiger partial charge >= 0.3 is 0 Å². The van der Waals surface area contributed by atoms with Gasteiger partial charge in [0.2, 0.25) is 11.1 Å². The number of non-ortho nitro benzene ring substituents is 1. The molecule has 0 fully saturated rings. The van der Waals surface area contributed by atoms with Crippen LogP contribution in [-0.2, 0) is 10.5 Å². The smallest absolute Gasteiger partial charge is 0.269 e. The van der Waals surface area contributed by atoms with Crippen LogP contribution in [0.4, 0.5) is 11.6 Å². The third kappa shape index (κ3) is 4.21. The molecule has 0 saturated carbocycles. The number of fused-ring (bicyclic) bond motifs is 1. The number of thioether (sulfide) groups is 1. The van der Waals surface area contributed by atoms with E-state index < -0.39 is 11.0 Å². The lowest BCUT2D eigenvalue weighted by atomic mass is 9.73. The number of hydrogen-bond acceptors (Lipinski definition) is 7. The number of nitrogens with one attached hydrogen (secondary N) is 1. The summed E-state index contributed by atoms with van der Waals surface area (Å²) in [5, 5.41) is 20.1. The van der Waals surface area contributed by atoms with Crippen molar-refractivity contribution in [1.29, 1.82) is 0 Å². The minimum Gasteiger partial charge on any atom is -0.328 e. The molecule has 1 unspecified atom stereocenters. The van der Waals surface area contributed by atoms with Crippen LogP contribution in [0.3, 0.4) is 0 Å². The Kier molecular flexibility index (Phi) is 5.69. The predicted octanol–water partition coefficient (Wildman–Crippen LogP) is 5.79. The minimum absolute atomic E-state index is 0.0559. The zero-order chi connectivity index (χ0) is 24.0. The molecule has 10 heteroatoms. The summed E-state index contributed by atoms with van der Waals surface area (Å²) in [6, 6.07) is 13.5. The maximum absolute atomic E-state index is 13.3. The minimum atomic E-state index is -0.454. The molecule has 174 valence electrons. The number of allylic oxidation sites excluding steroid dienone is 2. The summed E-state index contributed by atoms with van der Waals surface area (Å²) in [6.07, 6.45) is 1.19. The van der Waals surface area contributed by atoms with Crippen LogP contribution in [0.5, 0.6) is 0 Å². The molecule has 1 N–H and O–H groups in total. The molecule has 0 bridgehead atoms. The highest BCUT2D eigenvalue weighted by atomic mass is 35.5. The lowest BCUT2D eigenvalue weighted by molar-refractivity contribution is -0.384. The molecule has 2 heterocycles. The van der Waals surface area contributed by atoms with Crippen LogP contribution in [0, 0.1) is 15.5 Å². The zero-order valence-corrected chi connectivity index (χ0v) is 20.2. The number of nitro benzene ring substituents is 1. The van der Waals surface area contributed by atoms with E-state index in [1.807, 2.05) is 24.3 Å². The van der Waals surface area contributed by atoms with Gasteiger partial charge < -0.3 is 5.32 Å². The van der Waals surface area contributed by atoms with Crippen LogP contribution < -0.4 is 5.32 Å². The largest absolute Gasteiger partial charge is 0.328 e. The highest BCUT2D eigenvalue weighted by Crippen LogP contribution is 2.46. The molecule has 0 saturated heterocycles. The molecule has 3 aromatic rings. The molecule has 0 radical (unpaired) electrons. The number of halogens is 1. The molecule has 1 aliphatic carbocycles. The summed E-state index contributed by atoms with van der Waals surface area (Å²) in [4.78, 5) is 28.4.